The molecule has 1 atom stereocenters. The van der Waals surface area contributed by atoms with Crippen LogP contribution in [0.25, 0.3) is 0 Å². The number of benzene rings is 2. The first-order chi connectivity index (χ1) is 14.3. The maximum Gasteiger partial charge on any atom is 0.243 e. The standard InChI is InChI=1S/C25H34N2O3/c1-6-23(25(29)26-18(2)3)27(17-21-8-7-9-22(16-21)30-5)24(28)15-14-20-12-10-19(4)11-13-20/h7-13,16,18,23H,6,14-15,17H2,1-5H3,(H,26,29). The number of hydrogen-bond donors (Lipinski definition) is 1. The van der Waals surface area contributed by atoms with Gasteiger partial charge in [0.1, 0.15) is 11.8 Å². The van der Waals surface area contributed by atoms with Gasteiger partial charge in [-0.1, -0.05) is 48.9 Å². The van der Waals surface area contributed by atoms with Crippen molar-refractivity contribution in [1.29, 1.82) is 0 Å². The third-order valence-electron chi connectivity index (χ3n) is 5.05. The van der Waals surface area contributed by atoms with Gasteiger partial charge in [-0.15, -0.1) is 0 Å². The van der Waals surface area contributed by atoms with Crippen molar-refractivity contribution < 1.29 is 14.3 Å². The monoisotopic (exact) mass is 410 g/mol. The molecule has 0 fully saturated rings. The zero-order chi connectivity index (χ0) is 22.1. The van der Waals surface area contributed by atoms with Crippen molar-refractivity contribution in [3.63, 3.8) is 0 Å². The molecule has 0 heterocycles. The second-order valence-corrected chi connectivity index (χ2v) is 7.95. The van der Waals surface area contributed by atoms with Crippen LogP contribution in [0.1, 0.15) is 50.3 Å². The third kappa shape index (κ3) is 6.90. The highest BCUT2D eigenvalue weighted by atomic mass is 16.5. The number of amides is 2. The van der Waals surface area contributed by atoms with E-state index < -0.39 is 6.04 Å². The molecule has 0 saturated heterocycles. The Morgan fingerprint density at radius 2 is 1.77 bits per heavy atom. The summed E-state index contributed by atoms with van der Waals surface area (Å²) in [7, 11) is 1.62. The van der Waals surface area contributed by atoms with E-state index in [2.05, 4.69) is 29.6 Å². The SMILES string of the molecule is CCC(C(=O)NC(C)C)N(Cc1cccc(OC)c1)C(=O)CCc1ccc(C)cc1. The van der Waals surface area contributed by atoms with Gasteiger partial charge in [0.2, 0.25) is 11.8 Å². The Bertz CT molecular complexity index is 831. The van der Waals surface area contributed by atoms with Crippen molar-refractivity contribution in [2.75, 3.05) is 7.11 Å². The molecule has 2 amide bonds. The van der Waals surface area contributed by atoms with Crippen molar-refractivity contribution in [1.82, 2.24) is 10.2 Å². The number of hydrogen-bond acceptors (Lipinski definition) is 3. The van der Waals surface area contributed by atoms with E-state index in [1.807, 2.05) is 52.0 Å². The van der Waals surface area contributed by atoms with Crippen LogP contribution in [0.3, 0.4) is 0 Å². The summed E-state index contributed by atoms with van der Waals surface area (Å²) in [5.41, 5.74) is 3.25. The van der Waals surface area contributed by atoms with Crippen LogP contribution < -0.4 is 10.1 Å². The van der Waals surface area contributed by atoms with Gasteiger partial charge < -0.3 is 15.0 Å². The molecule has 1 N–H and O–H groups in total. The molecule has 2 rings (SSSR count). The molecule has 0 saturated carbocycles. The lowest BCUT2D eigenvalue weighted by Gasteiger charge is -2.31. The molecule has 2 aromatic rings. The number of nitrogens with one attached hydrogen (secondary N) is 1. The van der Waals surface area contributed by atoms with E-state index in [-0.39, 0.29) is 17.9 Å². The highest BCUT2D eigenvalue weighted by Crippen LogP contribution is 2.19. The lowest BCUT2D eigenvalue weighted by Crippen LogP contribution is -2.50. The predicted octanol–water partition coefficient (Wildman–Crippen LogP) is 4.27. The first kappa shape index (κ1) is 23.5. The zero-order valence-corrected chi connectivity index (χ0v) is 18.8. The Kier molecular flexibility index (Phi) is 8.90. The summed E-state index contributed by atoms with van der Waals surface area (Å²) in [4.78, 5) is 27.8. The molecule has 0 spiro atoms. The fourth-order valence-corrected chi connectivity index (χ4v) is 3.42. The molecule has 0 aromatic heterocycles. The normalized spacial score (nSPS) is 11.8. The maximum absolute atomic E-state index is 13.2. The van der Waals surface area contributed by atoms with Gasteiger partial charge in [0.15, 0.2) is 0 Å². The van der Waals surface area contributed by atoms with Crippen molar-refractivity contribution in [3.8, 4) is 5.75 Å². The van der Waals surface area contributed by atoms with Gasteiger partial charge in [-0.25, -0.2) is 0 Å². The van der Waals surface area contributed by atoms with Crippen LogP contribution in [0.2, 0.25) is 0 Å². The quantitative estimate of drug-likeness (QED) is 0.636. The zero-order valence-electron chi connectivity index (χ0n) is 18.8. The summed E-state index contributed by atoms with van der Waals surface area (Å²) in [5, 5.41) is 2.96. The van der Waals surface area contributed by atoms with E-state index in [1.165, 1.54) is 5.56 Å². The van der Waals surface area contributed by atoms with Crippen molar-refractivity contribution >= 4 is 11.8 Å². The minimum Gasteiger partial charge on any atom is -0.497 e. The summed E-state index contributed by atoms with van der Waals surface area (Å²) < 4.78 is 5.32. The van der Waals surface area contributed by atoms with E-state index in [0.29, 0.717) is 25.8 Å². The molecule has 0 radical (unpaired) electrons. The lowest BCUT2D eigenvalue weighted by molar-refractivity contribution is -0.141. The third-order valence-corrected chi connectivity index (χ3v) is 5.05. The Hall–Kier alpha value is -2.82. The molecule has 0 aliphatic heterocycles. The van der Waals surface area contributed by atoms with Gasteiger partial charge >= 0.3 is 0 Å². The second-order valence-electron chi connectivity index (χ2n) is 7.95. The molecular formula is C25H34N2O3. The number of carbonyl (C=O) groups excluding carboxylic acids is 2. The summed E-state index contributed by atoms with van der Waals surface area (Å²) in [6, 6.07) is 15.4. The number of ether oxygens (including phenoxy) is 1. The molecule has 5 heteroatoms. The second kappa shape index (κ2) is 11.4. The number of methoxy groups -OCH3 is 1. The van der Waals surface area contributed by atoms with E-state index in [1.54, 1.807) is 12.0 Å². The molecule has 5 nitrogen and oxygen atoms in total. The van der Waals surface area contributed by atoms with Gasteiger partial charge in [0.25, 0.3) is 0 Å². The van der Waals surface area contributed by atoms with Crippen LogP contribution in [0.5, 0.6) is 5.75 Å². The van der Waals surface area contributed by atoms with Gasteiger partial charge in [0.05, 0.1) is 7.11 Å². The van der Waals surface area contributed by atoms with Crippen molar-refractivity contribution in [3.05, 3.63) is 65.2 Å². The van der Waals surface area contributed by atoms with Crippen LogP contribution in [0, 0.1) is 6.92 Å². The summed E-state index contributed by atoms with van der Waals surface area (Å²) >= 11 is 0. The largest absolute Gasteiger partial charge is 0.497 e. The Labute approximate surface area is 180 Å². The highest BCUT2D eigenvalue weighted by Gasteiger charge is 2.28. The van der Waals surface area contributed by atoms with Crippen LogP contribution in [0.15, 0.2) is 48.5 Å². The van der Waals surface area contributed by atoms with Crippen LogP contribution in [-0.4, -0.2) is 35.9 Å². The molecule has 30 heavy (non-hydrogen) atoms. The molecule has 0 aliphatic carbocycles. The van der Waals surface area contributed by atoms with E-state index in [4.69, 9.17) is 4.74 Å². The number of carbonyl (C=O) groups is 2. The van der Waals surface area contributed by atoms with Crippen LogP contribution in [0.4, 0.5) is 0 Å². The average molecular weight is 411 g/mol. The molecule has 0 aliphatic rings. The highest BCUT2D eigenvalue weighted by molar-refractivity contribution is 5.87. The minimum absolute atomic E-state index is 0.0212. The van der Waals surface area contributed by atoms with Crippen LogP contribution >= 0.6 is 0 Å². The minimum atomic E-state index is -0.510. The molecule has 1 unspecified atom stereocenters. The van der Waals surface area contributed by atoms with E-state index in [0.717, 1.165) is 16.9 Å². The lowest BCUT2D eigenvalue weighted by atomic mass is 10.0. The van der Waals surface area contributed by atoms with Gasteiger partial charge in [-0.2, -0.15) is 0 Å². The first-order valence-electron chi connectivity index (χ1n) is 10.6. The van der Waals surface area contributed by atoms with Crippen molar-refractivity contribution in [2.24, 2.45) is 0 Å². The molecular weight excluding hydrogens is 376 g/mol. The average Bonchev–Trinajstić information content (AvgIpc) is 2.72. The topological polar surface area (TPSA) is 58.6 Å². The Morgan fingerprint density at radius 1 is 1.07 bits per heavy atom. The van der Waals surface area contributed by atoms with Gasteiger partial charge in [0, 0.05) is 19.0 Å². The maximum atomic E-state index is 13.2. The van der Waals surface area contributed by atoms with E-state index in [9.17, 15) is 9.59 Å². The van der Waals surface area contributed by atoms with Crippen LogP contribution in [-0.2, 0) is 22.6 Å². The Balaban J connectivity index is 2.22. The fourth-order valence-electron chi connectivity index (χ4n) is 3.42. The van der Waals surface area contributed by atoms with Gasteiger partial charge in [-0.3, -0.25) is 9.59 Å². The molecule has 0 bridgehead atoms. The smallest absolute Gasteiger partial charge is 0.243 e. The fraction of sp³-hybridized carbons (Fsp3) is 0.440. The predicted molar refractivity (Wildman–Crippen MR) is 120 cm³/mol. The number of aryl methyl sites for hydroxylation is 2. The van der Waals surface area contributed by atoms with Crippen molar-refractivity contribution in [2.45, 2.75) is 65.6 Å². The summed E-state index contributed by atoms with van der Waals surface area (Å²) in [6.07, 6.45) is 1.56. The summed E-state index contributed by atoms with van der Waals surface area (Å²) in [6.45, 7) is 8.21. The number of nitrogens with zero attached hydrogens (tertiary/aromatic N) is 1. The number of rotatable bonds is 10. The molecule has 162 valence electrons. The first-order valence-corrected chi connectivity index (χ1v) is 10.6. The van der Waals surface area contributed by atoms with E-state index >= 15 is 0 Å². The summed E-state index contributed by atoms with van der Waals surface area (Å²) in [5.74, 6) is 0.600. The Morgan fingerprint density at radius 3 is 2.37 bits per heavy atom. The molecule has 2 aromatic carbocycles. The van der Waals surface area contributed by atoms with Gasteiger partial charge in [-0.05, 0) is 56.9 Å².